The number of allylic oxidation sites excluding steroid dienone is 5. The molecule has 0 amide bonds. The Balaban J connectivity index is 2.47. The van der Waals surface area contributed by atoms with Crippen molar-refractivity contribution in [1.82, 2.24) is 0 Å². The zero-order valence-electron chi connectivity index (χ0n) is 17.7. The Hall–Kier alpha value is 0.0687. The predicted molar refractivity (Wildman–Crippen MR) is 117 cm³/mol. The van der Waals surface area contributed by atoms with Crippen LogP contribution in [0.5, 0.6) is 0 Å². The SMILES string of the molecule is CCCCOC1(SC2=[C]([Sn])CC=C2)CC=C(C(C)(C)C)C=C1C(C)(C)C. The molecule has 0 bridgehead atoms. The number of ether oxygens (including phenoxy) is 1. The first-order valence-corrected chi connectivity index (χ1v) is 12.1. The molecule has 0 heterocycles. The fourth-order valence-electron chi connectivity index (χ4n) is 3.39. The quantitative estimate of drug-likeness (QED) is 0.233. The Morgan fingerprint density at radius 2 is 1.85 bits per heavy atom. The van der Waals surface area contributed by atoms with Gasteiger partial charge in [-0.15, -0.1) is 0 Å². The third kappa shape index (κ3) is 5.32. The molecule has 0 spiro atoms. The van der Waals surface area contributed by atoms with E-state index in [0.29, 0.717) is 0 Å². The van der Waals surface area contributed by atoms with E-state index in [1.54, 1.807) is 3.59 Å². The summed E-state index contributed by atoms with van der Waals surface area (Å²) in [7, 11) is 0. The van der Waals surface area contributed by atoms with Crippen molar-refractivity contribution in [2.45, 2.75) is 79.1 Å². The first-order valence-electron chi connectivity index (χ1n) is 9.87. The summed E-state index contributed by atoms with van der Waals surface area (Å²) in [6.07, 6.45) is 13.8. The first kappa shape index (κ1) is 22.4. The normalized spacial score (nSPS) is 24.2. The zero-order valence-corrected chi connectivity index (χ0v) is 21.3. The third-order valence-electron chi connectivity index (χ3n) is 4.97. The van der Waals surface area contributed by atoms with Crippen LogP contribution in [0.4, 0.5) is 0 Å². The average Bonchev–Trinajstić information content (AvgIpc) is 2.90. The van der Waals surface area contributed by atoms with E-state index in [1.165, 1.54) is 45.0 Å². The van der Waals surface area contributed by atoms with Crippen LogP contribution in [-0.4, -0.2) is 34.1 Å². The number of hydrogen-bond donors (Lipinski definition) is 0. The van der Waals surface area contributed by atoms with E-state index < -0.39 is 0 Å². The summed E-state index contributed by atoms with van der Waals surface area (Å²) in [5.74, 6) is 0. The molecule has 143 valence electrons. The molecule has 26 heavy (non-hydrogen) atoms. The van der Waals surface area contributed by atoms with Crippen molar-refractivity contribution in [1.29, 1.82) is 0 Å². The van der Waals surface area contributed by atoms with Gasteiger partial charge in [-0.2, -0.15) is 0 Å². The van der Waals surface area contributed by atoms with Crippen molar-refractivity contribution in [2.75, 3.05) is 6.61 Å². The summed E-state index contributed by atoms with van der Waals surface area (Å²) in [6, 6.07) is 0. The molecule has 0 aromatic heterocycles. The van der Waals surface area contributed by atoms with Crippen LogP contribution >= 0.6 is 11.8 Å². The predicted octanol–water partition coefficient (Wildman–Crippen LogP) is 6.92. The van der Waals surface area contributed by atoms with Crippen LogP contribution in [0, 0.1) is 10.8 Å². The molecule has 0 aliphatic heterocycles. The van der Waals surface area contributed by atoms with Crippen LogP contribution in [0.3, 0.4) is 0 Å². The molecule has 0 saturated carbocycles. The Bertz CT molecular complexity index is 640. The van der Waals surface area contributed by atoms with Crippen LogP contribution < -0.4 is 0 Å². The van der Waals surface area contributed by atoms with Crippen molar-refractivity contribution < 1.29 is 4.74 Å². The maximum atomic E-state index is 6.71. The molecule has 0 saturated heterocycles. The van der Waals surface area contributed by atoms with Gasteiger partial charge in [-0.3, -0.25) is 0 Å². The number of rotatable bonds is 6. The van der Waals surface area contributed by atoms with Crippen molar-refractivity contribution in [3.63, 3.8) is 0 Å². The second-order valence-corrected chi connectivity index (χ2v) is 12.5. The number of unbranched alkanes of at least 4 members (excludes halogenated alkanes) is 1. The van der Waals surface area contributed by atoms with Gasteiger partial charge in [0.05, 0.1) is 0 Å². The zero-order chi connectivity index (χ0) is 19.6. The van der Waals surface area contributed by atoms with Gasteiger partial charge in [0.2, 0.25) is 0 Å². The van der Waals surface area contributed by atoms with Crippen LogP contribution in [0.15, 0.2) is 43.9 Å². The minimum atomic E-state index is -0.270. The van der Waals surface area contributed by atoms with E-state index >= 15 is 0 Å². The summed E-state index contributed by atoms with van der Waals surface area (Å²) >= 11 is 3.49. The van der Waals surface area contributed by atoms with Gasteiger partial charge in [0.25, 0.3) is 0 Å². The molecule has 2 aliphatic carbocycles. The van der Waals surface area contributed by atoms with E-state index in [-0.39, 0.29) is 15.8 Å². The molecule has 0 fully saturated rings. The molecule has 1 nitrogen and oxygen atoms in total. The van der Waals surface area contributed by atoms with Gasteiger partial charge in [-0.25, -0.2) is 0 Å². The van der Waals surface area contributed by atoms with Crippen molar-refractivity contribution in [3.05, 3.63) is 43.9 Å². The Labute approximate surface area is 178 Å². The Morgan fingerprint density at radius 3 is 2.35 bits per heavy atom. The van der Waals surface area contributed by atoms with E-state index in [0.717, 1.165) is 25.9 Å². The van der Waals surface area contributed by atoms with E-state index in [2.05, 4.69) is 72.8 Å². The monoisotopic (exact) mass is 479 g/mol. The molecule has 2 aliphatic rings. The first-order chi connectivity index (χ1) is 12.0. The van der Waals surface area contributed by atoms with Crippen LogP contribution in [0.25, 0.3) is 0 Å². The average molecular weight is 478 g/mol. The van der Waals surface area contributed by atoms with Gasteiger partial charge in [0.15, 0.2) is 0 Å². The Kier molecular flexibility index (Phi) is 7.40. The van der Waals surface area contributed by atoms with E-state index in [4.69, 9.17) is 4.74 Å². The second kappa shape index (κ2) is 8.61. The molecule has 0 N–H and O–H groups in total. The van der Waals surface area contributed by atoms with Gasteiger partial charge >= 0.3 is 179 Å². The molecular formula is C23H35OSSn. The van der Waals surface area contributed by atoms with Gasteiger partial charge < -0.3 is 0 Å². The summed E-state index contributed by atoms with van der Waals surface area (Å²) in [5, 5.41) is 0. The molecule has 0 aromatic rings. The van der Waals surface area contributed by atoms with E-state index in [1.807, 2.05) is 11.8 Å². The maximum absolute atomic E-state index is 6.71. The summed E-state index contributed by atoms with van der Waals surface area (Å²) in [4.78, 5) is 1.16. The van der Waals surface area contributed by atoms with Crippen molar-refractivity contribution in [3.8, 4) is 0 Å². The summed E-state index contributed by atoms with van der Waals surface area (Å²) in [6.45, 7) is 17.0. The Morgan fingerprint density at radius 1 is 1.15 bits per heavy atom. The van der Waals surface area contributed by atoms with Crippen LogP contribution in [0.2, 0.25) is 0 Å². The van der Waals surface area contributed by atoms with E-state index in [9.17, 15) is 0 Å². The molecular weight excluding hydrogens is 443 g/mol. The summed E-state index contributed by atoms with van der Waals surface area (Å²) < 4.78 is 8.27. The van der Waals surface area contributed by atoms with Crippen LogP contribution in [0.1, 0.15) is 74.1 Å². The molecule has 0 aromatic carbocycles. The molecule has 1 unspecified atom stereocenters. The number of thioether (sulfide) groups is 1. The fraction of sp³-hybridized carbons (Fsp3) is 0.652. The van der Waals surface area contributed by atoms with Gasteiger partial charge in [0.1, 0.15) is 0 Å². The minimum absolute atomic E-state index is 0.0775. The standard InChI is InChI=1S/C23H35OS.Sn/c1-8-9-16-24-23(25-19-12-10-11-13-19)15-14-18(21(2,3)4)17-20(23)22(5,6)7;/h10,12,14,17H,8-9,11,15-16H2,1-7H3;. The van der Waals surface area contributed by atoms with Crippen molar-refractivity contribution >= 4 is 34.3 Å². The van der Waals surface area contributed by atoms with Crippen LogP contribution in [-0.2, 0) is 4.74 Å². The van der Waals surface area contributed by atoms with Crippen molar-refractivity contribution in [2.24, 2.45) is 10.8 Å². The second-order valence-electron chi connectivity index (χ2n) is 9.43. The fourth-order valence-corrected chi connectivity index (χ4v) is 5.91. The van der Waals surface area contributed by atoms with Gasteiger partial charge in [-0.1, -0.05) is 0 Å². The third-order valence-corrected chi connectivity index (χ3v) is 8.28. The molecule has 3 radical (unpaired) electrons. The van der Waals surface area contributed by atoms with Gasteiger partial charge in [0, 0.05) is 0 Å². The molecule has 1 atom stereocenters. The topological polar surface area (TPSA) is 9.23 Å². The van der Waals surface area contributed by atoms with Gasteiger partial charge in [-0.05, 0) is 0 Å². The molecule has 2 rings (SSSR count). The number of hydrogen-bond acceptors (Lipinski definition) is 2. The summed E-state index contributed by atoms with van der Waals surface area (Å²) in [5.41, 5.74) is 3.13. The molecule has 3 heteroatoms.